The second kappa shape index (κ2) is 8.26. The number of hydrogen-bond donors (Lipinski definition) is 1. The SMILES string of the molecule is CCn1c(S[C@@H](C)C(=O)Nc2nccs2)nnc1-c1cc2cccc(OC)c2o1. The number of methoxy groups -OCH3 is 1. The highest BCUT2D eigenvalue weighted by Gasteiger charge is 2.22. The number of carbonyl (C=O) groups is 1. The van der Waals surface area contributed by atoms with Crippen molar-refractivity contribution >= 4 is 45.1 Å². The van der Waals surface area contributed by atoms with Crippen molar-refractivity contribution in [2.75, 3.05) is 12.4 Å². The number of aromatic nitrogens is 4. The molecule has 4 aromatic rings. The molecule has 3 aromatic heterocycles. The minimum Gasteiger partial charge on any atom is -0.493 e. The summed E-state index contributed by atoms with van der Waals surface area (Å²) >= 11 is 2.72. The largest absolute Gasteiger partial charge is 0.493 e. The number of hydrogen-bond acceptors (Lipinski definition) is 8. The third kappa shape index (κ3) is 3.85. The van der Waals surface area contributed by atoms with Crippen LogP contribution in [0.1, 0.15) is 13.8 Å². The Bertz CT molecular complexity index is 1140. The number of ether oxygens (including phenoxy) is 1. The number of rotatable bonds is 7. The predicted molar refractivity (Wildman–Crippen MR) is 114 cm³/mol. The number of thioether (sulfide) groups is 1. The van der Waals surface area contributed by atoms with Crippen LogP contribution < -0.4 is 10.1 Å². The summed E-state index contributed by atoms with van der Waals surface area (Å²) in [7, 11) is 1.61. The van der Waals surface area contributed by atoms with E-state index in [1.54, 1.807) is 13.3 Å². The van der Waals surface area contributed by atoms with Gasteiger partial charge in [0.2, 0.25) is 11.7 Å². The van der Waals surface area contributed by atoms with E-state index in [-0.39, 0.29) is 11.2 Å². The first-order valence-electron chi connectivity index (χ1n) is 8.97. The van der Waals surface area contributed by atoms with Crippen LogP contribution in [0.2, 0.25) is 0 Å². The molecule has 1 N–H and O–H groups in total. The third-order valence-corrected chi connectivity index (χ3v) is 6.06. The van der Waals surface area contributed by atoms with Gasteiger partial charge in [-0.1, -0.05) is 23.9 Å². The molecular formula is C19H19N5O3S2. The molecular weight excluding hydrogens is 410 g/mol. The number of benzene rings is 1. The number of thiazole rings is 1. The lowest BCUT2D eigenvalue weighted by Crippen LogP contribution is -2.22. The Morgan fingerprint density at radius 3 is 3.00 bits per heavy atom. The van der Waals surface area contributed by atoms with Crippen LogP contribution in [0, 0.1) is 0 Å². The normalized spacial score (nSPS) is 12.2. The molecule has 8 nitrogen and oxygen atoms in total. The van der Waals surface area contributed by atoms with Gasteiger partial charge < -0.3 is 14.5 Å². The van der Waals surface area contributed by atoms with Crippen molar-refractivity contribution in [1.29, 1.82) is 0 Å². The molecule has 1 aromatic carbocycles. The molecule has 1 amide bonds. The van der Waals surface area contributed by atoms with Gasteiger partial charge in [0.1, 0.15) is 0 Å². The van der Waals surface area contributed by atoms with Crippen molar-refractivity contribution in [3.05, 3.63) is 35.8 Å². The summed E-state index contributed by atoms with van der Waals surface area (Å²) < 4.78 is 13.3. The molecule has 4 rings (SSSR count). The van der Waals surface area contributed by atoms with Gasteiger partial charge in [0, 0.05) is 23.5 Å². The van der Waals surface area contributed by atoms with Crippen LogP contribution in [-0.4, -0.2) is 38.0 Å². The maximum Gasteiger partial charge on any atom is 0.239 e. The smallest absolute Gasteiger partial charge is 0.239 e. The summed E-state index contributed by atoms with van der Waals surface area (Å²) in [6.45, 7) is 4.47. The first-order valence-corrected chi connectivity index (χ1v) is 10.7. The predicted octanol–water partition coefficient (Wildman–Crippen LogP) is 4.30. The fourth-order valence-electron chi connectivity index (χ4n) is 2.85. The molecule has 0 saturated carbocycles. The van der Waals surface area contributed by atoms with E-state index in [1.807, 2.05) is 48.1 Å². The van der Waals surface area contributed by atoms with Crippen molar-refractivity contribution in [2.24, 2.45) is 0 Å². The Hall–Kier alpha value is -2.85. The number of nitrogens with zero attached hydrogens (tertiary/aromatic N) is 4. The van der Waals surface area contributed by atoms with Crippen molar-refractivity contribution in [1.82, 2.24) is 19.7 Å². The number of anilines is 1. The monoisotopic (exact) mass is 429 g/mol. The van der Waals surface area contributed by atoms with Gasteiger partial charge in [-0.05, 0) is 26.0 Å². The molecule has 150 valence electrons. The van der Waals surface area contributed by atoms with Gasteiger partial charge in [-0.2, -0.15) is 0 Å². The number of para-hydroxylation sites is 1. The van der Waals surface area contributed by atoms with Crippen LogP contribution in [0.5, 0.6) is 5.75 Å². The second-order valence-electron chi connectivity index (χ2n) is 6.13. The molecule has 0 radical (unpaired) electrons. The van der Waals surface area contributed by atoms with Gasteiger partial charge in [-0.3, -0.25) is 9.36 Å². The van der Waals surface area contributed by atoms with E-state index in [4.69, 9.17) is 9.15 Å². The zero-order chi connectivity index (χ0) is 20.4. The van der Waals surface area contributed by atoms with Crippen LogP contribution >= 0.6 is 23.1 Å². The van der Waals surface area contributed by atoms with Crippen LogP contribution in [0.15, 0.2) is 45.4 Å². The lowest BCUT2D eigenvalue weighted by Gasteiger charge is -2.11. The Kier molecular flexibility index (Phi) is 5.54. The van der Waals surface area contributed by atoms with E-state index < -0.39 is 0 Å². The molecule has 0 fully saturated rings. The average Bonchev–Trinajstić information content (AvgIpc) is 3.46. The van der Waals surface area contributed by atoms with Crippen molar-refractivity contribution in [2.45, 2.75) is 30.8 Å². The Morgan fingerprint density at radius 2 is 2.28 bits per heavy atom. The Balaban J connectivity index is 1.59. The van der Waals surface area contributed by atoms with E-state index in [2.05, 4.69) is 20.5 Å². The van der Waals surface area contributed by atoms with E-state index >= 15 is 0 Å². The van der Waals surface area contributed by atoms with Crippen molar-refractivity contribution < 1.29 is 13.9 Å². The van der Waals surface area contributed by atoms with Crippen LogP contribution in [0.3, 0.4) is 0 Å². The van der Waals surface area contributed by atoms with Gasteiger partial charge in [-0.25, -0.2) is 4.98 Å². The van der Waals surface area contributed by atoms with Gasteiger partial charge in [-0.15, -0.1) is 21.5 Å². The molecule has 10 heteroatoms. The average molecular weight is 430 g/mol. The van der Waals surface area contributed by atoms with E-state index in [0.717, 1.165) is 5.39 Å². The molecule has 0 unspecified atom stereocenters. The summed E-state index contributed by atoms with van der Waals surface area (Å²) in [6.07, 6.45) is 1.65. The summed E-state index contributed by atoms with van der Waals surface area (Å²) in [5.41, 5.74) is 0.668. The first kappa shape index (κ1) is 19.5. The van der Waals surface area contributed by atoms with Crippen molar-refractivity contribution in [3.8, 4) is 17.3 Å². The Morgan fingerprint density at radius 1 is 1.41 bits per heavy atom. The van der Waals surface area contributed by atoms with Gasteiger partial charge in [0.15, 0.2) is 27.4 Å². The zero-order valence-electron chi connectivity index (χ0n) is 16.1. The minimum absolute atomic E-state index is 0.134. The van der Waals surface area contributed by atoms with Crippen LogP contribution in [0.4, 0.5) is 5.13 Å². The molecule has 3 heterocycles. The lowest BCUT2D eigenvalue weighted by atomic mass is 10.2. The molecule has 0 saturated heterocycles. The minimum atomic E-state index is -0.364. The summed E-state index contributed by atoms with van der Waals surface area (Å²) in [5.74, 6) is 1.75. The summed E-state index contributed by atoms with van der Waals surface area (Å²) in [6, 6.07) is 7.64. The number of furan rings is 1. The lowest BCUT2D eigenvalue weighted by molar-refractivity contribution is -0.115. The molecule has 0 spiro atoms. The molecule has 0 aliphatic heterocycles. The fraction of sp³-hybridized carbons (Fsp3) is 0.263. The number of nitrogens with one attached hydrogen (secondary N) is 1. The van der Waals surface area contributed by atoms with E-state index in [9.17, 15) is 4.79 Å². The highest BCUT2D eigenvalue weighted by atomic mass is 32.2. The maximum atomic E-state index is 12.4. The van der Waals surface area contributed by atoms with E-state index in [0.29, 0.717) is 39.7 Å². The standard InChI is InChI=1S/C19H19N5O3S2/c1-4-24-16(14-10-12-6-5-7-13(26-3)15(12)27-14)22-23-19(24)29-11(2)17(25)21-18-20-8-9-28-18/h5-11H,4H2,1-3H3,(H,20,21,25)/t11-/m0/s1. The summed E-state index contributed by atoms with van der Waals surface area (Å²) in [5, 5.41) is 15.0. The quantitative estimate of drug-likeness (QED) is 0.438. The zero-order valence-corrected chi connectivity index (χ0v) is 17.7. The van der Waals surface area contributed by atoms with Crippen LogP contribution in [-0.2, 0) is 11.3 Å². The number of fused-ring (bicyclic) bond motifs is 1. The molecule has 1 atom stereocenters. The Labute approximate surface area is 175 Å². The second-order valence-corrected chi connectivity index (χ2v) is 8.33. The molecule has 0 aliphatic rings. The van der Waals surface area contributed by atoms with E-state index in [1.165, 1.54) is 23.1 Å². The number of amides is 1. The molecule has 29 heavy (non-hydrogen) atoms. The highest BCUT2D eigenvalue weighted by molar-refractivity contribution is 8.00. The topological polar surface area (TPSA) is 95.1 Å². The van der Waals surface area contributed by atoms with Gasteiger partial charge in [0.05, 0.1) is 12.4 Å². The number of carbonyl (C=O) groups excluding carboxylic acids is 1. The highest BCUT2D eigenvalue weighted by Crippen LogP contribution is 2.34. The first-order chi connectivity index (χ1) is 14.1. The third-order valence-electron chi connectivity index (χ3n) is 4.30. The summed E-state index contributed by atoms with van der Waals surface area (Å²) in [4.78, 5) is 16.5. The molecule has 0 aliphatic carbocycles. The molecule has 0 bridgehead atoms. The van der Waals surface area contributed by atoms with Gasteiger partial charge >= 0.3 is 0 Å². The fourth-order valence-corrected chi connectivity index (χ4v) is 4.30. The van der Waals surface area contributed by atoms with Crippen molar-refractivity contribution in [3.63, 3.8) is 0 Å². The van der Waals surface area contributed by atoms with Crippen LogP contribution in [0.25, 0.3) is 22.6 Å². The maximum absolute atomic E-state index is 12.4. The van der Waals surface area contributed by atoms with Gasteiger partial charge in [0.25, 0.3) is 0 Å².